The van der Waals surface area contributed by atoms with E-state index in [1.54, 1.807) is 0 Å². The molecule has 1 saturated carbocycles. The molecule has 2 atom stereocenters. The standard InChI is InChI=1S/C19H27FN2O3S/c1-14-4-2-3-5-18(14)21-19(23)15-10-12-22(13-11-15)26(24,25)17-8-6-16(20)7-9-17/h6-9,14-15,18H,2-5,10-13H2,1H3,(H,21,23). The van der Waals surface area contributed by atoms with Gasteiger partial charge in [0.25, 0.3) is 0 Å². The third kappa shape index (κ3) is 4.26. The average Bonchev–Trinajstić information content (AvgIpc) is 2.64. The number of hydrogen-bond donors (Lipinski definition) is 1. The van der Waals surface area contributed by atoms with E-state index < -0.39 is 15.8 Å². The molecule has 1 heterocycles. The van der Waals surface area contributed by atoms with Crippen LogP contribution in [-0.2, 0) is 14.8 Å². The number of rotatable bonds is 4. The minimum atomic E-state index is -3.63. The lowest BCUT2D eigenvalue weighted by Crippen LogP contribution is -2.47. The Morgan fingerprint density at radius 2 is 1.69 bits per heavy atom. The van der Waals surface area contributed by atoms with Crippen LogP contribution < -0.4 is 5.32 Å². The molecule has 3 rings (SSSR count). The van der Waals surface area contributed by atoms with Gasteiger partial charge in [0.2, 0.25) is 15.9 Å². The molecular formula is C19H27FN2O3S. The van der Waals surface area contributed by atoms with E-state index in [2.05, 4.69) is 12.2 Å². The van der Waals surface area contributed by atoms with Gasteiger partial charge in [-0.3, -0.25) is 4.79 Å². The van der Waals surface area contributed by atoms with Crippen LogP contribution in [0.1, 0.15) is 45.4 Å². The molecule has 26 heavy (non-hydrogen) atoms. The molecule has 0 spiro atoms. The van der Waals surface area contributed by atoms with Gasteiger partial charge < -0.3 is 5.32 Å². The predicted octanol–water partition coefficient (Wildman–Crippen LogP) is 2.92. The summed E-state index contributed by atoms with van der Waals surface area (Å²) in [5.74, 6) is -0.0331. The van der Waals surface area contributed by atoms with E-state index in [1.807, 2.05) is 0 Å². The molecule has 1 amide bonds. The maximum atomic E-state index is 13.0. The zero-order chi connectivity index (χ0) is 18.7. The van der Waals surface area contributed by atoms with Gasteiger partial charge in [0.05, 0.1) is 4.90 Å². The minimum Gasteiger partial charge on any atom is -0.353 e. The van der Waals surface area contributed by atoms with Gasteiger partial charge in [0.1, 0.15) is 5.82 Å². The maximum absolute atomic E-state index is 13.0. The van der Waals surface area contributed by atoms with Gasteiger partial charge in [-0.25, -0.2) is 12.8 Å². The first-order valence-electron chi connectivity index (χ1n) is 9.44. The molecule has 7 heteroatoms. The second kappa shape index (κ2) is 8.05. The smallest absolute Gasteiger partial charge is 0.243 e. The molecule has 0 bridgehead atoms. The number of hydrogen-bond acceptors (Lipinski definition) is 3. The fourth-order valence-corrected chi connectivity index (χ4v) is 5.41. The van der Waals surface area contributed by atoms with Crippen LogP contribution in [0.25, 0.3) is 0 Å². The summed E-state index contributed by atoms with van der Waals surface area (Å²) in [6, 6.07) is 5.12. The SMILES string of the molecule is CC1CCCCC1NC(=O)C1CCN(S(=O)(=O)c2ccc(F)cc2)CC1. The lowest BCUT2D eigenvalue weighted by Gasteiger charge is -2.34. The second-order valence-electron chi connectivity index (χ2n) is 7.51. The summed E-state index contributed by atoms with van der Waals surface area (Å²) in [4.78, 5) is 12.7. The highest BCUT2D eigenvalue weighted by Crippen LogP contribution is 2.27. The molecule has 1 aromatic rings. The second-order valence-corrected chi connectivity index (χ2v) is 9.45. The van der Waals surface area contributed by atoms with E-state index in [9.17, 15) is 17.6 Å². The summed E-state index contributed by atoms with van der Waals surface area (Å²) in [6.07, 6.45) is 5.61. The Labute approximate surface area is 155 Å². The van der Waals surface area contributed by atoms with Gasteiger partial charge in [-0.1, -0.05) is 19.8 Å². The van der Waals surface area contributed by atoms with Crippen molar-refractivity contribution in [2.24, 2.45) is 11.8 Å². The molecule has 5 nitrogen and oxygen atoms in total. The van der Waals surface area contributed by atoms with Crippen molar-refractivity contribution in [2.45, 2.75) is 56.4 Å². The molecule has 1 aliphatic heterocycles. The normalized spacial score (nSPS) is 25.8. The van der Waals surface area contributed by atoms with E-state index in [0.29, 0.717) is 31.8 Å². The Balaban J connectivity index is 1.56. The van der Waals surface area contributed by atoms with Crippen LogP contribution in [-0.4, -0.2) is 37.8 Å². The summed E-state index contributed by atoms with van der Waals surface area (Å²) in [6.45, 7) is 2.82. The fourth-order valence-electron chi connectivity index (χ4n) is 3.95. The minimum absolute atomic E-state index is 0.0579. The van der Waals surface area contributed by atoms with Crippen molar-refractivity contribution < 1.29 is 17.6 Å². The summed E-state index contributed by atoms with van der Waals surface area (Å²) >= 11 is 0. The van der Waals surface area contributed by atoms with Gasteiger partial charge >= 0.3 is 0 Å². The molecule has 1 saturated heterocycles. The van der Waals surface area contributed by atoms with Crippen molar-refractivity contribution in [1.29, 1.82) is 0 Å². The van der Waals surface area contributed by atoms with Crippen LogP contribution in [0.5, 0.6) is 0 Å². The number of piperidine rings is 1. The lowest BCUT2D eigenvalue weighted by molar-refractivity contribution is -0.127. The molecule has 2 unspecified atom stereocenters. The molecule has 0 radical (unpaired) electrons. The van der Waals surface area contributed by atoms with Crippen LogP contribution in [0.3, 0.4) is 0 Å². The number of amides is 1. The first-order valence-corrected chi connectivity index (χ1v) is 10.9. The van der Waals surface area contributed by atoms with Crippen LogP contribution in [0, 0.1) is 17.7 Å². The Morgan fingerprint density at radius 1 is 1.08 bits per heavy atom. The Kier molecular flexibility index (Phi) is 5.97. The molecule has 2 aliphatic rings. The zero-order valence-corrected chi connectivity index (χ0v) is 16.0. The number of benzene rings is 1. The fraction of sp³-hybridized carbons (Fsp3) is 0.632. The van der Waals surface area contributed by atoms with Gasteiger partial charge in [-0.2, -0.15) is 4.31 Å². The highest BCUT2D eigenvalue weighted by atomic mass is 32.2. The van der Waals surface area contributed by atoms with E-state index in [-0.39, 0.29) is 22.8 Å². The highest BCUT2D eigenvalue weighted by molar-refractivity contribution is 7.89. The molecule has 1 aromatic carbocycles. The Bertz CT molecular complexity index is 728. The first kappa shape index (κ1) is 19.3. The van der Waals surface area contributed by atoms with E-state index in [0.717, 1.165) is 31.4 Å². The van der Waals surface area contributed by atoms with E-state index >= 15 is 0 Å². The molecular weight excluding hydrogens is 355 g/mol. The van der Waals surface area contributed by atoms with E-state index in [1.165, 1.54) is 22.9 Å². The zero-order valence-electron chi connectivity index (χ0n) is 15.2. The van der Waals surface area contributed by atoms with Crippen molar-refractivity contribution >= 4 is 15.9 Å². The predicted molar refractivity (Wildman–Crippen MR) is 97.4 cm³/mol. The van der Waals surface area contributed by atoms with Crippen molar-refractivity contribution in [3.63, 3.8) is 0 Å². The molecule has 144 valence electrons. The number of sulfonamides is 1. The summed E-state index contributed by atoms with van der Waals surface area (Å²) < 4.78 is 39.7. The largest absolute Gasteiger partial charge is 0.353 e. The van der Waals surface area contributed by atoms with Crippen molar-refractivity contribution in [3.8, 4) is 0 Å². The van der Waals surface area contributed by atoms with Crippen molar-refractivity contribution in [1.82, 2.24) is 9.62 Å². The molecule has 1 aliphatic carbocycles. The lowest BCUT2D eigenvalue weighted by atomic mass is 9.85. The Hall–Kier alpha value is -1.47. The number of nitrogens with zero attached hydrogens (tertiary/aromatic N) is 1. The average molecular weight is 383 g/mol. The first-order chi connectivity index (χ1) is 12.4. The summed E-state index contributed by atoms with van der Waals surface area (Å²) in [5.41, 5.74) is 0. The molecule has 1 N–H and O–H groups in total. The van der Waals surface area contributed by atoms with Gasteiger partial charge in [-0.05, 0) is 55.9 Å². The topological polar surface area (TPSA) is 66.5 Å². The van der Waals surface area contributed by atoms with Crippen molar-refractivity contribution in [2.75, 3.05) is 13.1 Å². The highest BCUT2D eigenvalue weighted by Gasteiger charge is 2.33. The third-order valence-electron chi connectivity index (χ3n) is 5.72. The van der Waals surface area contributed by atoms with Gasteiger partial charge in [0, 0.05) is 25.0 Å². The van der Waals surface area contributed by atoms with Gasteiger partial charge in [0.15, 0.2) is 0 Å². The Morgan fingerprint density at radius 3 is 2.31 bits per heavy atom. The quantitative estimate of drug-likeness (QED) is 0.871. The monoisotopic (exact) mass is 382 g/mol. The van der Waals surface area contributed by atoms with Crippen molar-refractivity contribution in [3.05, 3.63) is 30.1 Å². The molecule has 0 aromatic heterocycles. The third-order valence-corrected chi connectivity index (χ3v) is 7.63. The molecule has 2 fully saturated rings. The van der Waals surface area contributed by atoms with Crippen LogP contribution >= 0.6 is 0 Å². The number of carbonyl (C=O) groups is 1. The van der Waals surface area contributed by atoms with Crippen LogP contribution in [0.2, 0.25) is 0 Å². The summed E-state index contributed by atoms with van der Waals surface area (Å²) in [5, 5.41) is 3.18. The van der Waals surface area contributed by atoms with Crippen LogP contribution in [0.15, 0.2) is 29.2 Å². The van der Waals surface area contributed by atoms with E-state index in [4.69, 9.17) is 0 Å². The number of nitrogens with one attached hydrogen (secondary N) is 1. The van der Waals surface area contributed by atoms with Gasteiger partial charge in [-0.15, -0.1) is 0 Å². The number of halogens is 1. The maximum Gasteiger partial charge on any atom is 0.243 e. The van der Waals surface area contributed by atoms with Crippen LogP contribution in [0.4, 0.5) is 4.39 Å². The number of carbonyl (C=O) groups excluding carboxylic acids is 1. The summed E-state index contributed by atoms with van der Waals surface area (Å²) in [7, 11) is -3.63.